The summed E-state index contributed by atoms with van der Waals surface area (Å²) in [5.74, 6) is -0.954. The number of fused-ring (bicyclic) bond motifs is 1. The SMILES string of the molecule is Cc1ccc(NC(=O)NCc2scc3c2CN(C2CCC(=O)NC2=O)C3=O)cc1N(C)C. The van der Waals surface area contributed by atoms with Gasteiger partial charge in [0.1, 0.15) is 6.04 Å². The summed E-state index contributed by atoms with van der Waals surface area (Å²) in [6, 6.07) is 4.73. The largest absolute Gasteiger partial charge is 0.377 e. The summed E-state index contributed by atoms with van der Waals surface area (Å²) in [6.07, 6.45) is 0.543. The lowest BCUT2D eigenvalue weighted by atomic mass is 10.0. The lowest BCUT2D eigenvalue weighted by molar-refractivity contribution is -0.136. The Hall–Kier alpha value is -3.40. The molecule has 32 heavy (non-hydrogen) atoms. The molecule has 1 aromatic carbocycles. The summed E-state index contributed by atoms with van der Waals surface area (Å²) in [7, 11) is 3.89. The van der Waals surface area contributed by atoms with E-state index in [0.717, 1.165) is 21.7 Å². The summed E-state index contributed by atoms with van der Waals surface area (Å²) >= 11 is 1.41. The summed E-state index contributed by atoms with van der Waals surface area (Å²) in [6.45, 7) is 2.58. The minimum Gasteiger partial charge on any atom is -0.377 e. The topological polar surface area (TPSA) is 111 Å². The van der Waals surface area contributed by atoms with Crippen LogP contribution in [0.2, 0.25) is 0 Å². The summed E-state index contributed by atoms with van der Waals surface area (Å²) in [5.41, 5.74) is 4.21. The number of carbonyl (C=O) groups is 4. The van der Waals surface area contributed by atoms with Gasteiger partial charge in [-0.25, -0.2) is 4.79 Å². The lowest BCUT2D eigenvalue weighted by Crippen LogP contribution is -2.52. The number of benzene rings is 1. The smallest absolute Gasteiger partial charge is 0.319 e. The van der Waals surface area contributed by atoms with Gasteiger partial charge in [0.05, 0.1) is 12.1 Å². The third-order valence-corrected chi connectivity index (χ3v) is 6.77. The Morgan fingerprint density at radius 2 is 2.06 bits per heavy atom. The van der Waals surface area contributed by atoms with Crippen LogP contribution >= 0.6 is 11.3 Å². The second-order valence-electron chi connectivity index (χ2n) is 8.15. The number of nitrogens with one attached hydrogen (secondary N) is 3. The van der Waals surface area contributed by atoms with Crippen molar-refractivity contribution in [2.45, 2.75) is 38.9 Å². The molecule has 1 saturated heterocycles. The van der Waals surface area contributed by atoms with Gasteiger partial charge < -0.3 is 20.4 Å². The molecule has 2 aromatic rings. The number of carbonyl (C=O) groups excluding carboxylic acids is 4. The van der Waals surface area contributed by atoms with Crippen LogP contribution in [0.4, 0.5) is 16.2 Å². The van der Waals surface area contributed by atoms with Crippen molar-refractivity contribution >= 4 is 46.5 Å². The van der Waals surface area contributed by atoms with E-state index in [0.29, 0.717) is 24.2 Å². The summed E-state index contributed by atoms with van der Waals surface area (Å²) in [5, 5.41) is 9.75. The van der Waals surface area contributed by atoms with Crippen LogP contribution in [-0.2, 0) is 22.7 Å². The van der Waals surface area contributed by atoms with Crippen molar-refractivity contribution in [2.75, 3.05) is 24.3 Å². The Morgan fingerprint density at radius 1 is 1.28 bits per heavy atom. The predicted octanol–water partition coefficient (Wildman–Crippen LogP) is 2.21. The van der Waals surface area contributed by atoms with Gasteiger partial charge in [0.2, 0.25) is 11.8 Å². The number of nitrogens with zero attached hydrogens (tertiary/aromatic N) is 2. The summed E-state index contributed by atoms with van der Waals surface area (Å²) in [4.78, 5) is 53.2. The van der Waals surface area contributed by atoms with Gasteiger partial charge in [-0.2, -0.15) is 0 Å². The Morgan fingerprint density at radius 3 is 2.78 bits per heavy atom. The molecule has 0 saturated carbocycles. The monoisotopic (exact) mass is 455 g/mol. The van der Waals surface area contributed by atoms with Crippen molar-refractivity contribution in [3.63, 3.8) is 0 Å². The highest BCUT2D eigenvalue weighted by Crippen LogP contribution is 2.33. The van der Waals surface area contributed by atoms with E-state index in [1.807, 2.05) is 44.1 Å². The minimum atomic E-state index is -0.644. The van der Waals surface area contributed by atoms with E-state index in [2.05, 4.69) is 16.0 Å². The fourth-order valence-corrected chi connectivity index (χ4v) is 5.03. The first kappa shape index (κ1) is 21.8. The molecule has 168 valence electrons. The van der Waals surface area contributed by atoms with Gasteiger partial charge in [0.15, 0.2) is 0 Å². The number of hydrogen-bond acceptors (Lipinski definition) is 6. The van der Waals surface area contributed by atoms with Crippen LogP contribution in [0.15, 0.2) is 23.6 Å². The Labute approximate surface area is 189 Å². The van der Waals surface area contributed by atoms with Crippen LogP contribution in [-0.4, -0.2) is 48.8 Å². The molecular weight excluding hydrogens is 430 g/mol. The Bertz CT molecular complexity index is 1110. The highest BCUT2D eigenvalue weighted by molar-refractivity contribution is 7.10. The molecule has 2 aliphatic heterocycles. The average molecular weight is 456 g/mol. The van der Waals surface area contributed by atoms with Crippen LogP contribution in [0.3, 0.4) is 0 Å². The second-order valence-corrected chi connectivity index (χ2v) is 9.12. The zero-order valence-electron chi connectivity index (χ0n) is 18.2. The third kappa shape index (κ3) is 4.18. The zero-order valence-corrected chi connectivity index (χ0v) is 19.0. The summed E-state index contributed by atoms with van der Waals surface area (Å²) < 4.78 is 0. The van der Waals surface area contributed by atoms with Crippen molar-refractivity contribution in [1.82, 2.24) is 15.5 Å². The van der Waals surface area contributed by atoms with Crippen molar-refractivity contribution in [3.05, 3.63) is 45.1 Å². The maximum atomic E-state index is 12.8. The molecular formula is C22H25N5O4S. The molecule has 0 bridgehead atoms. The Kier molecular flexibility index (Phi) is 5.88. The number of thiophene rings is 1. The van der Waals surface area contributed by atoms with E-state index in [1.54, 1.807) is 5.38 Å². The van der Waals surface area contributed by atoms with Gasteiger partial charge in [0.25, 0.3) is 5.91 Å². The lowest BCUT2D eigenvalue weighted by Gasteiger charge is -2.29. The first-order valence-corrected chi connectivity index (χ1v) is 11.2. The molecule has 0 spiro atoms. The number of piperidine rings is 1. The van der Waals surface area contributed by atoms with E-state index in [9.17, 15) is 19.2 Å². The van der Waals surface area contributed by atoms with Crippen LogP contribution in [0, 0.1) is 6.92 Å². The number of urea groups is 1. The predicted molar refractivity (Wildman–Crippen MR) is 122 cm³/mol. The van der Waals surface area contributed by atoms with E-state index in [-0.39, 0.29) is 30.8 Å². The van der Waals surface area contributed by atoms with Gasteiger partial charge in [-0.05, 0) is 36.6 Å². The normalized spacial score (nSPS) is 17.8. The van der Waals surface area contributed by atoms with E-state index in [1.165, 1.54) is 16.2 Å². The highest BCUT2D eigenvalue weighted by Gasteiger charge is 2.40. The first-order valence-electron chi connectivity index (χ1n) is 10.3. The van der Waals surface area contributed by atoms with Crippen molar-refractivity contribution in [2.24, 2.45) is 0 Å². The van der Waals surface area contributed by atoms with Crippen LogP contribution in [0.25, 0.3) is 0 Å². The van der Waals surface area contributed by atoms with Crippen LogP contribution < -0.4 is 20.9 Å². The van der Waals surface area contributed by atoms with Gasteiger partial charge in [0, 0.05) is 48.7 Å². The maximum Gasteiger partial charge on any atom is 0.319 e. The van der Waals surface area contributed by atoms with Gasteiger partial charge in [-0.3, -0.25) is 19.7 Å². The van der Waals surface area contributed by atoms with Gasteiger partial charge >= 0.3 is 6.03 Å². The second kappa shape index (κ2) is 8.62. The molecule has 1 fully saturated rings. The van der Waals surface area contributed by atoms with Crippen LogP contribution in [0.1, 0.15) is 39.2 Å². The average Bonchev–Trinajstić information content (AvgIpc) is 3.28. The van der Waals surface area contributed by atoms with Crippen molar-refractivity contribution in [1.29, 1.82) is 0 Å². The zero-order chi connectivity index (χ0) is 23.0. The van der Waals surface area contributed by atoms with E-state index in [4.69, 9.17) is 0 Å². The molecule has 0 radical (unpaired) electrons. The standard InChI is InChI=1S/C22H25N5O4S/c1-12-4-5-13(8-17(12)26(2)3)24-22(31)23-9-18-14-10-27(21(30)15(14)11-32-18)16-6-7-19(28)25-20(16)29/h4-5,8,11,16H,6-7,9-10H2,1-3H3,(H2,23,24,31)(H,25,28,29). The molecule has 1 atom stereocenters. The quantitative estimate of drug-likeness (QED) is 0.599. The molecule has 0 aliphatic carbocycles. The van der Waals surface area contributed by atoms with Gasteiger partial charge in [-0.15, -0.1) is 11.3 Å². The van der Waals surface area contributed by atoms with E-state index < -0.39 is 11.9 Å². The number of amides is 5. The molecule has 3 N–H and O–H groups in total. The first-order chi connectivity index (χ1) is 15.2. The fraction of sp³-hybridized carbons (Fsp3) is 0.364. The van der Waals surface area contributed by atoms with Crippen LogP contribution in [0.5, 0.6) is 0 Å². The number of hydrogen-bond donors (Lipinski definition) is 3. The molecule has 9 nitrogen and oxygen atoms in total. The molecule has 4 rings (SSSR count). The van der Waals surface area contributed by atoms with E-state index >= 15 is 0 Å². The van der Waals surface area contributed by atoms with Crippen molar-refractivity contribution in [3.8, 4) is 0 Å². The number of anilines is 2. The van der Waals surface area contributed by atoms with Gasteiger partial charge in [-0.1, -0.05) is 6.07 Å². The van der Waals surface area contributed by atoms with Crippen molar-refractivity contribution < 1.29 is 19.2 Å². The molecule has 1 aromatic heterocycles. The maximum absolute atomic E-state index is 12.8. The molecule has 2 aliphatic rings. The number of rotatable bonds is 5. The number of imide groups is 1. The molecule has 1 unspecified atom stereocenters. The Balaban J connectivity index is 1.39. The fourth-order valence-electron chi connectivity index (χ4n) is 4.06. The molecule has 10 heteroatoms. The molecule has 3 heterocycles. The highest BCUT2D eigenvalue weighted by atomic mass is 32.1. The molecule has 5 amide bonds. The number of aryl methyl sites for hydroxylation is 1. The minimum absolute atomic E-state index is 0.211. The third-order valence-electron chi connectivity index (χ3n) is 5.75.